The number of benzene rings is 1. The predicted octanol–water partition coefficient (Wildman–Crippen LogP) is 3.06. The van der Waals surface area contributed by atoms with Crippen LogP contribution in [0.25, 0.3) is 0 Å². The molecule has 1 aromatic carbocycles. The summed E-state index contributed by atoms with van der Waals surface area (Å²) in [5.41, 5.74) is 0.706. The van der Waals surface area contributed by atoms with Crippen LogP contribution < -0.4 is 10.1 Å². The molecule has 0 aliphatic carbocycles. The van der Waals surface area contributed by atoms with Crippen LogP contribution in [-0.4, -0.2) is 43.1 Å². The Morgan fingerprint density at radius 2 is 2.19 bits per heavy atom. The van der Waals surface area contributed by atoms with E-state index >= 15 is 0 Å². The Balaban J connectivity index is 2.21. The van der Waals surface area contributed by atoms with Crippen LogP contribution in [-0.2, 0) is 0 Å². The lowest BCUT2D eigenvalue weighted by atomic mass is 10.0. The van der Waals surface area contributed by atoms with Crippen LogP contribution >= 0.6 is 15.9 Å². The van der Waals surface area contributed by atoms with Crippen LogP contribution in [0.1, 0.15) is 37.0 Å². The summed E-state index contributed by atoms with van der Waals surface area (Å²) >= 11 is 3.45. The van der Waals surface area contributed by atoms with E-state index in [0.29, 0.717) is 11.6 Å². The zero-order chi connectivity index (χ0) is 15.4. The Labute approximate surface area is 135 Å². The fraction of sp³-hybridized carbons (Fsp3) is 0.562. The molecule has 4 nitrogen and oxygen atoms in total. The lowest BCUT2D eigenvalue weighted by molar-refractivity contribution is 0.0576. The van der Waals surface area contributed by atoms with Crippen molar-refractivity contribution in [1.29, 1.82) is 0 Å². The van der Waals surface area contributed by atoms with E-state index < -0.39 is 0 Å². The topological polar surface area (TPSA) is 41.6 Å². The highest BCUT2D eigenvalue weighted by Gasteiger charge is 2.30. The molecule has 116 valence electrons. The SMILES string of the molecule is CCC1CN(C(=O)c2ccc(OC)c(Br)c2)C(CC)CN1. The quantitative estimate of drug-likeness (QED) is 0.903. The lowest BCUT2D eigenvalue weighted by Crippen LogP contribution is -2.57. The largest absolute Gasteiger partial charge is 0.496 e. The summed E-state index contributed by atoms with van der Waals surface area (Å²) < 4.78 is 6.03. The molecule has 1 heterocycles. The normalized spacial score (nSPS) is 22.2. The maximum absolute atomic E-state index is 12.8. The number of piperazine rings is 1. The van der Waals surface area contributed by atoms with E-state index in [4.69, 9.17) is 4.74 Å². The molecule has 0 aromatic heterocycles. The summed E-state index contributed by atoms with van der Waals surface area (Å²) in [6.45, 7) is 5.93. The Morgan fingerprint density at radius 3 is 2.76 bits per heavy atom. The minimum absolute atomic E-state index is 0.102. The molecular weight excluding hydrogens is 332 g/mol. The highest BCUT2D eigenvalue weighted by Crippen LogP contribution is 2.27. The Hall–Kier alpha value is -1.07. The van der Waals surface area contributed by atoms with Gasteiger partial charge in [0.1, 0.15) is 5.75 Å². The zero-order valence-corrected chi connectivity index (χ0v) is 14.4. The first-order chi connectivity index (χ1) is 10.1. The van der Waals surface area contributed by atoms with Crippen molar-refractivity contribution in [3.05, 3.63) is 28.2 Å². The average molecular weight is 355 g/mol. The molecule has 0 radical (unpaired) electrons. The fourth-order valence-corrected chi connectivity index (χ4v) is 3.26. The number of carbonyl (C=O) groups is 1. The van der Waals surface area contributed by atoms with Gasteiger partial charge in [0.05, 0.1) is 11.6 Å². The van der Waals surface area contributed by atoms with Crippen LogP contribution in [0.2, 0.25) is 0 Å². The van der Waals surface area contributed by atoms with E-state index in [1.54, 1.807) is 7.11 Å². The summed E-state index contributed by atoms with van der Waals surface area (Å²) in [7, 11) is 1.62. The number of halogens is 1. The first-order valence-electron chi connectivity index (χ1n) is 7.48. The van der Waals surface area contributed by atoms with Crippen LogP contribution in [0.15, 0.2) is 22.7 Å². The minimum atomic E-state index is 0.102. The number of ether oxygens (including phenoxy) is 1. The number of hydrogen-bond acceptors (Lipinski definition) is 3. The van der Waals surface area contributed by atoms with E-state index in [0.717, 1.165) is 36.2 Å². The van der Waals surface area contributed by atoms with Crippen molar-refractivity contribution in [2.75, 3.05) is 20.2 Å². The smallest absolute Gasteiger partial charge is 0.254 e. The van der Waals surface area contributed by atoms with E-state index in [1.807, 2.05) is 23.1 Å². The van der Waals surface area contributed by atoms with E-state index in [2.05, 4.69) is 35.1 Å². The number of amides is 1. The molecule has 21 heavy (non-hydrogen) atoms. The number of nitrogens with zero attached hydrogens (tertiary/aromatic N) is 1. The summed E-state index contributed by atoms with van der Waals surface area (Å²) in [4.78, 5) is 14.8. The number of methoxy groups -OCH3 is 1. The summed E-state index contributed by atoms with van der Waals surface area (Å²) in [5.74, 6) is 0.843. The van der Waals surface area contributed by atoms with Crippen LogP contribution in [0.5, 0.6) is 5.75 Å². The van der Waals surface area contributed by atoms with Crippen molar-refractivity contribution in [2.24, 2.45) is 0 Å². The van der Waals surface area contributed by atoms with E-state index in [-0.39, 0.29) is 11.9 Å². The second-order valence-corrected chi connectivity index (χ2v) is 6.24. The van der Waals surface area contributed by atoms with Gasteiger partial charge in [0.15, 0.2) is 0 Å². The number of carbonyl (C=O) groups excluding carboxylic acids is 1. The van der Waals surface area contributed by atoms with E-state index in [1.165, 1.54) is 0 Å². The molecule has 0 bridgehead atoms. The number of hydrogen-bond donors (Lipinski definition) is 1. The van der Waals surface area contributed by atoms with Gasteiger partial charge in [0, 0.05) is 30.7 Å². The van der Waals surface area contributed by atoms with Crippen LogP contribution in [0.3, 0.4) is 0 Å². The van der Waals surface area contributed by atoms with Crippen LogP contribution in [0.4, 0.5) is 0 Å². The molecule has 1 amide bonds. The Kier molecular flexibility index (Phi) is 5.65. The lowest BCUT2D eigenvalue weighted by Gasteiger charge is -2.40. The van der Waals surface area contributed by atoms with Gasteiger partial charge < -0.3 is 15.0 Å². The van der Waals surface area contributed by atoms with Gasteiger partial charge >= 0.3 is 0 Å². The molecule has 1 N–H and O–H groups in total. The molecule has 5 heteroatoms. The molecule has 1 aliphatic rings. The Bertz CT molecular complexity index is 507. The summed E-state index contributed by atoms with van der Waals surface area (Å²) in [5, 5.41) is 3.51. The second kappa shape index (κ2) is 7.27. The third-order valence-electron chi connectivity index (χ3n) is 4.12. The molecule has 1 fully saturated rings. The first-order valence-corrected chi connectivity index (χ1v) is 8.27. The predicted molar refractivity (Wildman–Crippen MR) is 87.9 cm³/mol. The van der Waals surface area contributed by atoms with Crippen molar-refractivity contribution in [3.63, 3.8) is 0 Å². The van der Waals surface area contributed by atoms with Gasteiger partial charge in [0.2, 0.25) is 0 Å². The van der Waals surface area contributed by atoms with Gasteiger partial charge in [-0.25, -0.2) is 0 Å². The molecule has 2 unspecified atom stereocenters. The third kappa shape index (κ3) is 3.58. The van der Waals surface area contributed by atoms with Gasteiger partial charge in [-0.05, 0) is 47.0 Å². The van der Waals surface area contributed by atoms with Gasteiger partial charge in [-0.3, -0.25) is 4.79 Å². The standard InChI is InChI=1S/C16H23BrN2O2/c1-4-12-10-19(13(5-2)9-18-12)16(20)11-6-7-15(21-3)14(17)8-11/h6-8,12-13,18H,4-5,9-10H2,1-3H3. The monoisotopic (exact) mass is 354 g/mol. The van der Waals surface area contributed by atoms with Crippen molar-refractivity contribution in [3.8, 4) is 5.75 Å². The van der Waals surface area contributed by atoms with Gasteiger partial charge in [-0.15, -0.1) is 0 Å². The molecule has 2 rings (SSSR count). The van der Waals surface area contributed by atoms with Crippen molar-refractivity contribution in [1.82, 2.24) is 10.2 Å². The zero-order valence-electron chi connectivity index (χ0n) is 12.9. The first kappa shape index (κ1) is 16.3. The molecule has 1 saturated heterocycles. The van der Waals surface area contributed by atoms with E-state index in [9.17, 15) is 4.79 Å². The Morgan fingerprint density at radius 1 is 1.43 bits per heavy atom. The van der Waals surface area contributed by atoms with Crippen molar-refractivity contribution < 1.29 is 9.53 Å². The fourth-order valence-electron chi connectivity index (χ4n) is 2.72. The maximum atomic E-state index is 12.8. The molecular formula is C16H23BrN2O2. The summed E-state index contributed by atoms with van der Waals surface area (Å²) in [6, 6.07) is 6.16. The number of nitrogens with one attached hydrogen (secondary N) is 1. The van der Waals surface area contributed by atoms with Gasteiger partial charge in [-0.2, -0.15) is 0 Å². The van der Waals surface area contributed by atoms with Crippen molar-refractivity contribution >= 4 is 21.8 Å². The minimum Gasteiger partial charge on any atom is -0.496 e. The molecule has 1 aliphatic heterocycles. The maximum Gasteiger partial charge on any atom is 0.254 e. The van der Waals surface area contributed by atoms with Crippen molar-refractivity contribution in [2.45, 2.75) is 38.8 Å². The number of rotatable bonds is 4. The molecule has 1 aromatic rings. The second-order valence-electron chi connectivity index (χ2n) is 5.38. The highest BCUT2D eigenvalue weighted by atomic mass is 79.9. The van der Waals surface area contributed by atoms with Gasteiger partial charge in [-0.1, -0.05) is 13.8 Å². The molecule has 0 spiro atoms. The summed E-state index contributed by atoms with van der Waals surface area (Å²) in [6.07, 6.45) is 2.00. The molecule has 2 atom stereocenters. The highest BCUT2D eigenvalue weighted by molar-refractivity contribution is 9.10. The van der Waals surface area contributed by atoms with Gasteiger partial charge in [0.25, 0.3) is 5.91 Å². The molecule has 0 saturated carbocycles. The average Bonchev–Trinajstić information content (AvgIpc) is 2.53. The van der Waals surface area contributed by atoms with Crippen LogP contribution in [0, 0.1) is 0 Å². The third-order valence-corrected chi connectivity index (χ3v) is 4.74.